The van der Waals surface area contributed by atoms with E-state index in [1.54, 1.807) is 0 Å². The zero-order chi connectivity index (χ0) is 11.6. The highest BCUT2D eigenvalue weighted by molar-refractivity contribution is 4.91. The number of aliphatic hydroxyl groups is 1. The normalized spacial score (nSPS) is 38.4. The molecule has 1 aliphatic rings. The van der Waals surface area contributed by atoms with Gasteiger partial charge in [-0.05, 0) is 32.6 Å². The van der Waals surface area contributed by atoms with Gasteiger partial charge >= 0.3 is 0 Å². The molecule has 3 nitrogen and oxygen atoms in total. The minimum atomic E-state index is -0.226. The van der Waals surface area contributed by atoms with Gasteiger partial charge in [0.05, 0.1) is 6.10 Å². The van der Waals surface area contributed by atoms with E-state index in [1.807, 2.05) is 6.92 Å². The van der Waals surface area contributed by atoms with Crippen LogP contribution in [-0.4, -0.2) is 35.9 Å². The Hall–Kier alpha value is -0.120. The van der Waals surface area contributed by atoms with Crippen LogP contribution in [0.4, 0.5) is 0 Å². The fourth-order valence-electron chi connectivity index (χ4n) is 2.17. The molecule has 3 N–H and O–H groups in total. The molecule has 0 aromatic carbocycles. The maximum Gasteiger partial charge on any atom is 0.0540 e. The third-order valence-corrected chi connectivity index (χ3v) is 4.11. The molecule has 0 bridgehead atoms. The van der Waals surface area contributed by atoms with Gasteiger partial charge in [-0.1, -0.05) is 13.8 Å². The third kappa shape index (κ3) is 3.16. The average Bonchev–Trinajstić information content (AvgIpc) is 2.19. The molecule has 0 aromatic heterocycles. The summed E-state index contributed by atoms with van der Waals surface area (Å²) < 4.78 is 0. The Labute approximate surface area is 93.6 Å². The molecule has 15 heavy (non-hydrogen) atoms. The van der Waals surface area contributed by atoms with E-state index in [-0.39, 0.29) is 6.10 Å². The Morgan fingerprint density at radius 3 is 2.20 bits per heavy atom. The Bertz CT molecular complexity index is 196. The van der Waals surface area contributed by atoms with Crippen molar-refractivity contribution in [1.29, 1.82) is 0 Å². The summed E-state index contributed by atoms with van der Waals surface area (Å²) in [5, 5.41) is 16.7. The number of hydrogen-bond acceptors (Lipinski definition) is 3. The monoisotopic (exact) mass is 214 g/mol. The second-order valence-electron chi connectivity index (χ2n) is 5.22. The van der Waals surface area contributed by atoms with Crippen LogP contribution >= 0.6 is 0 Å². The van der Waals surface area contributed by atoms with Gasteiger partial charge in [0.15, 0.2) is 0 Å². The van der Waals surface area contributed by atoms with Gasteiger partial charge in [0.25, 0.3) is 0 Å². The van der Waals surface area contributed by atoms with E-state index >= 15 is 0 Å². The maximum atomic E-state index is 9.59. The molecule has 1 heterocycles. The summed E-state index contributed by atoms with van der Waals surface area (Å²) in [5.41, 5.74) is 0. The van der Waals surface area contributed by atoms with Crippen LogP contribution in [0.5, 0.6) is 0 Å². The fraction of sp³-hybridized carbons (Fsp3) is 1.00. The van der Waals surface area contributed by atoms with Crippen LogP contribution in [0.3, 0.4) is 0 Å². The van der Waals surface area contributed by atoms with E-state index < -0.39 is 0 Å². The topological polar surface area (TPSA) is 44.3 Å². The molecule has 0 amide bonds. The standard InChI is InChI=1S/C12H26N2O/c1-7(11(5)15)8(2)12-6-13-9(3)10(4)14-12/h7-15H,6H2,1-5H3. The molecule has 0 saturated carbocycles. The van der Waals surface area contributed by atoms with Crippen LogP contribution in [-0.2, 0) is 0 Å². The lowest BCUT2D eigenvalue weighted by Crippen LogP contribution is -2.61. The van der Waals surface area contributed by atoms with Crippen LogP contribution in [0, 0.1) is 11.8 Å². The summed E-state index contributed by atoms with van der Waals surface area (Å²) in [7, 11) is 0. The quantitative estimate of drug-likeness (QED) is 0.656. The lowest BCUT2D eigenvalue weighted by atomic mass is 9.84. The number of nitrogens with one attached hydrogen (secondary N) is 2. The Balaban J connectivity index is 2.50. The zero-order valence-corrected chi connectivity index (χ0v) is 10.6. The van der Waals surface area contributed by atoms with Gasteiger partial charge in [-0.15, -0.1) is 0 Å². The molecular weight excluding hydrogens is 188 g/mol. The molecule has 0 aromatic rings. The van der Waals surface area contributed by atoms with Gasteiger partial charge in [0, 0.05) is 24.7 Å². The van der Waals surface area contributed by atoms with E-state index in [0.29, 0.717) is 30.0 Å². The number of rotatable bonds is 3. The average molecular weight is 214 g/mol. The maximum absolute atomic E-state index is 9.59. The number of aliphatic hydroxyl groups excluding tert-OH is 1. The van der Waals surface area contributed by atoms with Crippen molar-refractivity contribution in [1.82, 2.24) is 10.6 Å². The summed E-state index contributed by atoms with van der Waals surface area (Å²) in [4.78, 5) is 0. The predicted molar refractivity (Wildman–Crippen MR) is 63.9 cm³/mol. The van der Waals surface area contributed by atoms with Gasteiger partial charge in [0.2, 0.25) is 0 Å². The Morgan fingerprint density at radius 1 is 1.13 bits per heavy atom. The van der Waals surface area contributed by atoms with Crippen molar-refractivity contribution in [2.75, 3.05) is 6.54 Å². The van der Waals surface area contributed by atoms with E-state index in [2.05, 4.69) is 38.3 Å². The smallest absolute Gasteiger partial charge is 0.0540 e. The van der Waals surface area contributed by atoms with Crippen LogP contribution < -0.4 is 10.6 Å². The highest BCUT2D eigenvalue weighted by Crippen LogP contribution is 2.20. The first-order chi connectivity index (χ1) is 6.93. The molecule has 6 unspecified atom stereocenters. The minimum Gasteiger partial charge on any atom is -0.393 e. The van der Waals surface area contributed by atoms with Gasteiger partial charge < -0.3 is 15.7 Å². The molecule has 3 heteroatoms. The van der Waals surface area contributed by atoms with Gasteiger partial charge in [-0.25, -0.2) is 0 Å². The van der Waals surface area contributed by atoms with Crippen LogP contribution in [0.1, 0.15) is 34.6 Å². The second-order valence-corrected chi connectivity index (χ2v) is 5.22. The molecule has 1 fully saturated rings. The SMILES string of the molecule is CC(O)C(C)C(C)C1CNC(C)C(C)N1. The fourth-order valence-corrected chi connectivity index (χ4v) is 2.17. The van der Waals surface area contributed by atoms with Crippen molar-refractivity contribution >= 4 is 0 Å². The summed E-state index contributed by atoms with van der Waals surface area (Å²) in [6, 6.07) is 1.52. The van der Waals surface area contributed by atoms with Crippen molar-refractivity contribution in [3.05, 3.63) is 0 Å². The molecule has 1 aliphatic heterocycles. The third-order valence-electron chi connectivity index (χ3n) is 4.11. The van der Waals surface area contributed by atoms with Gasteiger partial charge in [0.1, 0.15) is 0 Å². The zero-order valence-electron chi connectivity index (χ0n) is 10.6. The first-order valence-electron chi connectivity index (χ1n) is 6.11. The molecule has 1 rings (SSSR count). The molecule has 0 aliphatic carbocycles. The molecular formula is C12H26N2O. The van der Waals surface area contributed by atoms with Crippen LogP contribution in [0.2, 0.25) is 0 Å². The van der Waals surface area contributed by atoms with E-state index in [0.717, 1.165) is 6.54 Å². The van der Waals surface area contributed by atoms with Gasteiger partial charge in [-0.2, -0.15) is 0 Å². The summed E-state index contributed by atoms with van der Waals surface area (Å²) >= 11 is 0. The largest absolute Gasteiger partial charge is 0.393 e. The molecule has 1 saturated heterocycles. The minimum absolute atomic E-state index is 0.226. The second kappa shape index (κ2) is 5.28. The van der Waals surface area contributed by atoms with Crippen molar-refractivity contribution in [2.24, 2.45) is 11.8 Å². The van der Waals surface area contributed by atoms with Crippen LogP contribution in [0.15, 0.2) is 0 Å². The lowest BCUT2D eigenvalue weighted by molar-refractivity contribution is 0.0803. The molecule has 0 radical (unpaired) electrons. The Morgan fingerprint density at radius 2 is 1.73 bits per heavy atom. The molecule has 0 spiro atoms. The van der Waals surface area contributed by atoms with Crippen molar-refractivity contribution < 1.29 is 5.11 Å². The first kappa shape index (κ1) is 12.9. The number of piperazine rings is 1. The summed E-state index contributed by atoms with van der Waals surface area (Å²) in [5.74, 6) is 0.831. The highest BCUT2D eigenvalue weighted by atomic mass is 16.3. The van der Waals surface area contributed by atoms with Crippen LogP contribution in [0.25, 0.3) is 0 Å². The molecule has 6 atom stereocenters. The lowest BCUT2D eigenvalue weighted by Gasteiger charge is -2.40. The van der Waals surface area contributed by atoms with E-state index in [9.17, 15) is 5.11 Å². The van der Waals surface area contributed by atoms with Gasteiger partial charge in [-0.3, -0.25) is 0 Å². The van der Waals surface area contributed by atoms with Crippen molar-refractivity contribution in [2.45, 2.75) is 58.8 Å². The van der Waals surface area contributed by atoms with Crippen molar-refractivity contribution in [3.8, 4) is 0 Å². The van der Waals surface area contributed by atoms with E-state index in [4.69, 9.17) is 0 Å². The first-order valence-corrected chi connectivity index (χ1v) is 6.11. The summed E-state index contributed by atoms with van der Waals surface area (Å²) in [6.45, 7) is 11.6. The molecule has 90 valence electrons. The Kier molecular flexibility index (Phi) is 4.56. The summed E-state index contributed by atoms with van der Waals surface area (Å²) in [6.07, 6.45) is -0.226. The number of hydrogen-bond donors (Lipinski definition) is 3. The predicted octanol–water partition coefficient (Wildman–Crippen LogP) is 0.978. The van der Waals surface area contributed by atoms with E-state index in [1.165, 1.54) is 0 Å². The van der Waals surface area contributed by atoms with Crippen molar-refractivity contribution in [3.63, 3.8) is 0 Å². The highest BCUT2D eigenvalue weighted by Gasteiger charge is 2.30.